The number of anilines is 2. The van der Waals surface area contributed by atoms with Gasteiger partial charge in [0.2, 0.25) is 0 Å². The molecule has 0 saturated heterocycles. The Balaban J connectivity index is 2.03. The van der Waals surface area contributed by atoms with E-state index < -0.39 is 0 Å². The van der Waals surface area contributed by atoms with Crippen molar-refractivity contribution in [3.63, 3.8) is 0 Å². The van der Waals surface area contributed by atoms with Crippen LogP contribution < -0.4 is 11.1 Å². The zero-order chi connectivity index (χ0) is 9.80. The lowest BCUT2D eigenvalue weighted by Gasteiger charge is -1.94. The highest BCUT2D eigenvalue weighted by Crippen LogP contribution is 2.22. The topological polar surface area (TPSA) is 63.8 Å². The summed E-state index contributed by atoms with van der Waals surface area (Å²) in [6, 6.07) is 0. The molecule has 0 aromatic carbocycles. The largest absolute Gasteiger partial charge is 0.330 e. The van der Waals surface area contributed by atoms with E-state index in [1.807, 2.05) is 10.8 Å². The van der Waals surface area contributed by atoms with Gasteiger partial charge in [0.25, 0.3) is 0 Å². The smallest absolute Gasteiger partial charge is 0.189 e. The Hall–Kier alpha value is -0.980. The zero-order valence-corrected chi connectivity index (χ0v) is 9.07. The molecule has 2 rings (SSSR count). The standard InChI is InChI=1S/C8H10N4S2/c9-2-1-6-5-14-8(11-6)12-7-10-3-4-13-7/h3-5H,1-2,9H2,(H,10,11,12). The van der Waals surface area contributed by atoms with Crippen LogP contribution in [0.2, 0.25) is 0 Å². The van der Waals surface area contributed by atoms with Crippen LogP contribution in [-0.2, 0) is 6.42 Å². The molecule has 2 heterocycles. The van der Waals surface area contributed by atoms with E-state index in [1.165, 1.54) is 0 Å². The fourth-order valence-electron chi connectivity index (χ4n) is 1.00. The van der Waals surface area contributed by atoms with E-state index in [4.69, 9.17) is 5.73 Å². The molecule has 2 aromatic heterocycles. The van der Waals surface area contributed by atoms with Crippen molar-refractivity contribution in [2.75, 3.05) is 11.9 Å². The van der Waals surface area contributed by atoms with E-state index in [0.717, 1.165) is 22.4 Å². The van der Waals surface area contributed by atoms with E-state index >= 15 is 0 Å². The number of nitrogens with zero attached hydrogens (tertiary/aromatic N) is 2. The third kappa shape index (κ3) is 2.28. The molecular weight excluding hydrogens is 216 g/mol. The molecule has 0 aliphatic heterocycles. The highest BCUT2D eigenvalue weighted by Gasteiger charge is 2.02. The van der Waals surface area contributed by atoms with Crippen LogP contribution in [0.4, 0.5) is 10.3 Å². The molecule has 0 aliphatic rings. The molecule has 0 bridgehead atoms. The van der Waals surface area contributed by atoms with Crippen LogP contribution in [0, 0.1) is 0 Å². The molecule has 2 aromatic rings. The molecule has 0 saturated carbocycles. The Morgan fingerprint density at radius 2 is 2.29 bits per heavy atom. The predicted molar refractivity (Wildman–Crippen MR) is 60.3 cm³/mol. The van der Waals surface area contributed by atoms with Crippen molar-refractivity contribution in [2.24, 2.45) is 5.73 Å². The molecule has 14 heavy (non-hydrogen) atoms. The fourth-order valence-corrected chi connectivity index (χ4v) is 2.34. The molecule has 0 amide bonds. The maximum Gasteiger partial charge on any atom is 0.189 e. The van der Waals surface area contributed by atoms with Crippen LogP contribution in [-0.4, -0.2) is 16.5 Å². The maximum absolute atomic E-state index is 5.44. The lowest BCUT2D eigenvalue weighted by Crippen LogP contribution is -2.02. The maximum atomic E-state index is 5.44. The van der Waals surface area contributed by atoms with Crippen molar-refractivity contribution in [1.29, 1.82) is 0 Å². The van der Waals surface area contributed by atoms with Gasteiger partial charge in [-0.3, -0.25) is 0 Å². The first-order chi connectivity index (χ1) is 6.88. The normalized spacial score (nSPS) is 10.4. The Kier molecular flexibility index (Phi) is 3.07. The summed E-state index contributed by atoms with van der Waals surface area (Å²) in [6.45, 7) is 0.639. The van der Waals surface area contributed by atoms with E-state index in [2.05, 4.69) is 15.3 Å². The molecule has 0 unspecified atom stereocenters. The van der Waals surface area contributed by atoms with Crippen LogP contribution in [0.5, 0.6) is 0 Å². The van der Waals surface area contributed by atoms with Gasteiger partial charge in [-0.25, -0.2) is 9.97 Å². The van der Waals surface area contributed by atoms with E-state index in [-0.39, 0.29) is 0 Å². The third-order valence-electron chi connectivity index (χ3n) is 1.60. The minimum absolute atomic E-state index is 0.639. The van der Waals surface area contributed by atoms with Gasteiger partial charge in [0, 0.05) is 23.4 Å². The summed E-state index contributed by atoms with van der Waals surface area (Å²) in [5.74, 6) is 0. The van der Waals surface area contributed by atoms with Gasteiger partial charge in [-0.2, -0.15) is 0 Å². The van der Waals surface area contributed by atoms with E-state index in [0.29, 0.717) is 6.54 Å². The van der Waals surface area contributed by atoms with Crippen molar-refractivity contribution in [2.45, 2.75) is 6.42 Å². The Morgan fingerprint density at radius 3 is 3.00 bits per heavy atom. The average molecular weight is 226 g/mol. The molecule has 3 N–H and O–H groups in total. The summed E-state index contributed by atoms with van der Waals surface area (Å²) in [5, 5.41) is 8.83. The summed E-state index contributed by atoms with van der Waals surface area (Å²) in [4.78, 5) is 8.49. The first kappa shape index (κ1) is 9.57. The summed E-state index contributed by atoms with van der Waals surface area (Å²) in [6.07, 6.45) is 2.59. The predicted octanol–water partition coefficient (Wildman–Crippen LogP) is 1.84. The van der Waals surface area contributed by atoms with Gasteiger partial charge in [0.15, 0.2) is 10.3 Å². The molecule has 6 heteroatoms. The molecule has 0 aliphatic carbocycles. The quantitative estimate of drug-likeness (QED) is 0.835. The lowest BCUT2D eigenvalue weighted by atomic mass is 10.3. The number of rotatable bonds is 4. The first-order valence-electron chi connectivity index (χ1n) is 4.19. The van der Waals surface area contributed by atoms with Crippen LogP contribution >= 0.6 is 22.7 Å². The number of aromatic nitrogens is 2. The number of nitrogens with one attached hydrogen (secondary N) is 1. The van der Waals surface area contributed by atoms with Gasteiger partial charge in [-0.15, -0.1) is 22.7 Å². The van der Waals surface area contributed by atoms with Gasteiger partial charge >= 0.3 is 0 Å². The molecular formula is C8H10N4S2. The number of hydrogen-bond acceptors (Lipinski definition) is 6. The fraction of sp³-hybridized carbons (Fsp3) is 0.250. The van der Waals surface area contributed by atoms with Crippen molar-refractivity contribution < 1.29 is 0 Å². The monoisotopic (exact) mass is 226 g/mol. The Morgan fingerprint density at radius 1 is 1.36 bits per heavy atom. The number of thiazole rings is 2. The molecule has 0 radical (unpaired) electrons. The number of nitrogens with two attached hydrogens (primary N) is 1. The van der Waals surface area contributed by atoms with Crippen molar-refractivity contribution in [3.05, 3.63) is 22.7 Å². The third-order valence-corrected chi connectivity index (χ3v) is 3.09. The van der Waals surface area contributed by atoms with Crippen LogP contribution in [0.15, 0.2) is 17.0 Å². The second-order valence-corrected chi connectivity index (χ2v) is 4.40. The second-order valence-electron chi connectivity index (χ2n) is 2.64. The van der Waals surface area contributed by atoms with Crippen molar-refractivity contribution >= 4 is 32.9 Å². The van der Waals surface area contributed by atoms with E-state index in [9.17, 15) is 0 Å². The average Bonchev–Trinajstić information content (AvgIpc) is 2.79. The van der Waals surface area contributed by atoms with Gasteiger partial charge in [0.1, 0.15) is 0 Å². The number of hydrogen-bond donors (Lipinski definition) is 2. The summed E-state index contributed by atoms with van der Waals surface area (Å²) in [7, 11) is 0. The highest BCUT2D eigenvalue weighted by atomic mass is 32.1. The summed E-state index contributed by atoms with van der Waals surface area (Å²) >= 11 is 3.14. The Bertz CT molecular complexity index is 382. The Labute approximate surface area is 89.8 Å². The molecule has 0 spiro atoms. The van der Waals surface area contributed by atoms with Crippen molar-refractivity contribution in [3.8, 4) is 0 Å². The minimum atomic E-state index is 0.639. The summed E-state index contributed by atoms with van der Waals surface area (Å²) < 4.78 is 0. The van der Waals surface area contributed by atoms with Gasteiger partial charge < -0.3 is 11.1 Å². The van der Waals surface area contributed by atoms with Crippen LogP contribution in [0.25, 0.3) is 0 Å². The van der Waals surface area contributed by atoms with Crippen molar-refractivity contribution in [1.82, 2.24) is 9.97 Å². The van der Waals surface area contributed by atoms with Crippen LogP contribution in [0.3, 0.4) is 0 Å². The lowest BCUT2D eigenvalue weighted by molar-refractivity contribution is 0.936. The highest BCUT2D eigenvalue weighted by molar-refractivity contribution is 7.15. The van der Waals surface area contributed by atoms with Gasteiger partial charge in [-0.1, -0.05) is 0 Å². The summed E-state index contributed by atoms with van der Waals surface area (Å²) in [5.41, 5.74) is 6.48. The van der Waals surface area contributed by atoms with Gasteiger partial charge in [-0.05, 0) is 6.54 Å². The van der Waals surface area contributed by atoms with Gasteiger partial charge in [0.05, 0.1) is 5.69 Å². The molecule has 0 atom stereocenters. The molecule has 4 nitrogen and oxygen atoms in total. The van der Waals surface area contributed by atoms with Crippen LogP contribution in [0.1, 0.15) is 5.69 Å². The first-order valence-corrected chi connectivity index (χ1v) is 5.95. The molecule has 0 fully saturated rings. The zero-order valence-electron chi connectivity index (χ0n) is 7.43. The SMILES string of the molecule is NCCc1csc(Nc2nccs2)n1. The minimum Gasteiger partial charge on any atom is -0.330 e. The van der Waals surface area contributed by atoms with E-state index in [1.54, 1.807) is 28.9 Å². The second kappa shape index (κ2) is 4.50. The molecule has 74 valence electrons.